The average Bonchev–Trinajstić information content (AvgIpc) is 3.32. The molecule has 4 saturated heterocycles. The standard InChI is InChI=1S/C32H41N7O3S/c1-33-23-9-11-38(12-10-23)43-27-4-2-3-24(18-27)35-13-15-36(16-14-35)26-20-37(21-26)25-5-6-28-22(17-25)19-39(32(28)42)29-7-8-30(40)34-31(29)41/h2-6,17-18,23,26,29,33H,7-16,19-21H2,1H3,(H,34,40,41). The largest absolute Gasteiger partial charge is 0.369 e. The fourth-order valence-electron chi connectivity index (χ4n) is 7.12. The number of nitrogens with zero attached hydrogens (tertiary/aromatic N) is 5. The molecule has 43 heavy (non-hydrogen) atoms. The van der Waals surface area contributed by atoms with Crippen molar-refractivity contribution >= 4 is 41.0 Å². The van der Waals surface area contributed by atoms with Crippen LogP contribution in [0.4, 0.5) is 11.4 Å². The van der Waals surface area contributed by atoms with E-state index < -0.39 is 6.04 Å². The molecule has 2 aromatic carbocycles. The molecule has 0 bridgehead atoms. The van der Waals surface area contributed by atoms with Gasteiger partial charge in [0.1, 0.15) is 6.04 Å². The molecule has 0 saturated carbocycles. The first kappa shape index (κ1) is 28.6. The van der Waals surface area contributed by atoms with Gasteiger partial charge in [-0.15, -0.1) is 0 Å². The van der Waals surface area contributed by atoms with Crippen LogP contribution in [-0.2, 0) is 16.1 Å². The van der Waals surface area contributed by atoms with Gasteiger partial charge in [-0.25, -0.2) is 4.31 Å². The van der Waals surface area contributed by atoms with Gasteiger partial charge in [-0.3, -0.25) is 24.6 Å². The van der Waals surface area contributed by atoms with E-state index in [0.29, 0.717) is 30.6 Å². The minimum atomic E-state index is -0.574. The molecule has 11 heteroatoms. The number of carbonyl (C=O) groups is 3. The maximum Gasteiger partial charge on any atom is 0.255 e. The summed E-state index contributed by atoms with van der Waals surface area (Å²) in [7, 11) is 2.07. The third kappa shape index (κ3) is 5.87. The van der Waals surface area contributed by atoms with Gasteiger partial charge >= 0.3 is 0 Å². The highest BCUT2D eigenvalue weighted by atomic mass is 32.2. The molecule has 2 N–H and O–H groups in total. The number of fused-ring (bicyclic) bond motifs is 1. The van der Waals surface area contributed by atoms with Gasteiger partial charge in [0, 0.05) is 99.2 Å². The zero-order chi connectivity index (χ0) is 29.5. The van der Waals surface area contributed by atoms with Crippen molar-refractivity contribution in [3.63, 3.8) is 0 Å². The molecule has 1 unspecified atom stereocenters. The lowest BCUT2D eigenvalue weighted by Gasteiger charge is -2.49. The first-order valence-electron chi connectivity index (χ1n) is 15.7. The first-order chi connectivity index (χ1) is 20.9. The summed E-state index contributed by atoms with van der Waals surface area (Å²) in [6.45, 7) is 8.84. The summed E-state index contributed by atoms with van der Waals surface area (Å²) in [4.78, 5) is 47.4. The Labute approximate surface area is 257 Å². The highest BCUT2D eigenvalue weighted by Gasteiger charge is 2.40. The van der Waals surface area contributed by atoms with E-state index in [1.54, 1.807) is 4.90 Å². The van der Waals surface area contributed by atoms with Crippen molar-refractivity contribution in [1.29, 1.82) is 0 Å². The number of amides is 3. The quantitative estimate of drug-likeness (QED) is 0.365. The fraction of sp³-hybridized carbons (Fsp3) is 0.531. The second-order valence-corrected chi connectivity index (χ2v) is 13.6. The van der Waals surface area contributed by atoms with Crippen LogP contribution < -0.4 is 20.4 Å². The van der Waals surface area contributed by atoms with Crippen molar-refractivity contribution in [2.75, 3.05) is 69.2 Å². The second-order valence-electron chi connectivity index (χ2n) is 12.4. The van der Waals surface area contributed by atoms with Gasteiger partial charge in [-0.1, -0.05) is 6.07 Å². The van der Waals surface area contributed by atoms with Gasteiger partial charge in [0.25, 0.3) is 5.91 Å². The van der Waals surface area contributed by atoms with E-state index >= 15 is 0 Å². The Bertz CT molecular complexity index is 1380. The summed E-state index contributed by atoms with van der Waals surface area (Å²) in [5, 5.41) is 5.79. The third-order valence-corrected chi connectivity index (χ3v) is 10.9. The molecule has 5 heterocycles. The lowest BCUT2D eigenvalue weighted by atomic mass is 10.0. The zero-order valence-corrected chi connectivity index (χ0v) is 25.7. The van der Waals surface area contributed by atoms with Gasteiger partial charge < -0.3 is 20.0 Å². The highest BCUT2D eigenvalue weighted by molar-refractivity contribution is 7.97. The van der Waals surface area contributed by atoms with Crippen LogP contribution in [0.25, 0.3) is 0 Å². The molecule has 3 amide bonds. The Morgan fingerprint density at radius 1 is 0.860 bits per heavy atom. The molecule has 0 radical (unpaired) electrons. The topological polar surface area (TPSA) is 91.5 Å². The molecule has 0 aromatic heterocycles. The summed E-state index contributed by atoms with van der Waals surface area (Å²) < 4.78 is 2.50. The van der Waals surface area contributed by atoms with Crippen molar-refractivity contribution < 1.29 is 14.4 Å². The molecule has 5 aliphatic rings. The van der Waals surface area contributed by atoms with Gasteiger partial charge in [0.2, 0.25) is 11.8 Å². The molecule has 0 aliphatic carbocycles. The van der Waals surface area contributed by atoms with Gasteiger partial charge in [0.15, 0.2) is 0 Å². The number of hydrogen-bond acceptors (Lipinski definition) is 9. The maximum atomic E-state index is 13.0. The summed E-state index contributed by atoms with van der Waals surface area (Å²) in [5.74, 6) is -0.745. The molecule has 10 nitrogen and oxygen atoms in total. The third-order valence-electron chi connectivity index (χ3n) is 9.84. The van der Waals surface area contributed by atoms with Crippen LogP contribution in [0.5, 0.6) is 0 Å². The van der Waals surface area contributed by atoms with Crippen LogP contribution in [0.3, 0.4) is 0 Å². The first-order valence-corrected chi connectivity index (χ1v) is 16.4. The van der Waals surface area contributed by atoms with Crippen LogP contribution in [0, 0.1) is 0 Å². The minimum Gasteiger partial charge on any atom is -0.369 e. The van der Waals surface area contributed by atoms with Crippen molar-refractivity contribution in [3.8, 4) is 0 Å². The zero-order valence-electron chi connectivity index (χ0n) is 24.8. The van der Waals surface area contributed by atoms with E-state index in [4.69, 9.17) is 0 Å². The Hall–Kier alpha value is -3.12. The molecule has 228 valence electrons. The Kier molecular flexibility index (Phi) is 8.06. The number of hydrogen-bond donors (Lipinski definition) is 2. The van der Waals surface area contributed by atoms with E-state index in [9.17, 15) is 14.4 Å². The molecule has 0 spiro atoms. The number of imide groups is 1. The van der Waals surface area contributed by atoms with Crippen LogP contribution in [0.2, 0.25) is 0 Å². The fourth-order valence-corrected chi connectivity index (χ4v) is 8.13. The number of rotatable bonds is 7. The number of nitrogens with one attached hydrogen (secondary N) is 2. The summed E-state index contributed by atoms with van der Waals surface area (Å²) in [6, 6.07) is 15.7. The maximum absolute atomic E-state index is 13.0. The predicted molar refractivity (Wildman–Crippen MR) is 168 cm³/mol. The molecular weight excluding hydrogens is 562 g/mol. The molecule has 5 aliphatic heterocycles. The SMILES string of the molecule is CNC1CCN(Sc2cccc(N3CCN(C4CN(c5ccc6c(c5)CN(C5CCC(=O)NC5=O)C6=O)C4)CC3)c2)CC1. The van der Waals surface area contributed by atoms with E-state index in [-0.39, 0.29) is 24.1 Å². The monoisotopic (exact) mass is 603 g/mol. The van der Waals surface area contributed by atoms with E-state index in [0.717, 1.165) is 63.6 Å². The molecule has 2 aromatic rings. The molecule has 1 atom stereocenters. The number of piperidine rings is 2. The summed E-state index contributed by atoms with van der Waals surface area (Å²) in [5.41, 5.74) is 4.09. The summed E-state index contributed by atoms with van der Waals surface area (Å²) in [6.07, 6.45) is 3.07. The minimum absolute atomic E-state index is 0.117. The number of piperazine rings is 1. The van der Waals surface area contributed by atoms with Crippen molar-refractivity contribution in [3.05, 3.63) is 53.6 Å². The van der Waals surface area contributed by atoms with Gasteiger partial charge in [-0.2, -0.15) is 0 Å². The lowest BCUT2D eigenvalue weighted by Crippen LogP contribution is -2.63. The van der Waals surface area contributed by atoms with Gasteiger partial charge in [0.05, 0.1) is 0 Å². The van der Waals surface area contributed by atoms with E-state index in [1.807, 2.05) is 24.1 Å². The predicted octanol–water partition coefficient (Wildman–Crippen LogP) is 2.15. The van der Waals surface area contributed by atoms with Crippen molar-refractivity contribution in [2.24, 2.45) is 0 Å². The Morgan fingerprint density at radius 3 is 2.37 bits per heavy atom. The van der Waals surface area contributed by atoms with Crippen LogP contribution >= 0.6 is 11.9 Å². The Balaban J connectivity index is 0.895. The molecule has 7 rings (SSSR count). The molecular formula is C32H41N7O3S. The van der Waals surface area contributed by atoms with Gasteiger partial charge in [-0.05, 0) is 80.2 Å². The normalized spacial score (nSPS) is 24.3. The van der Waals surface area contributed by atoms with Crippen molar-refractivity contribution in [2.45, 2.75) is 55.2 Å². The second kappa shape index (κ2) is 12.1. The molecule has 4 fully saturated rings. The van der Waals surface area contributed by atoms with Crippen molar-refractivity contribution in [1.82, 2.24) is 24.7 Å². The average molecular weight is 604 g/mol. The number of carbonyl (C=O) groups excluding carboxylic acids is 3. The van der Waals surface area contributed by atoms with E-state index in [1.165, 1.54) is 23.4 Å². The van der Waals surface area contributed by atoms with Crippen LogP contribution in [-0.4, -0.2) is 109 Å². The smallest absolute Gasteiger partial charge is 0.255 e. The number of benzene rings is 2. The van der Waals surface area contributed by atoms with Crippen LogP contribution in [0.15, 0.2) is 47.4 Å². The highest BCUT2D eigenvalue weighted by Crippen LogP contribution is 2.34. The van der Waals surface area contributed by atoms with E-state index in [2.05, 4.69) is 67.0 Å². The Morgan fingerprint density at radius 2 is 1.63 bits per heavy atom. The van der Waals surface area contributed by atoms with Crippen LogP contribution in [0.1, 0.15) is 41.6 Å². The lowest BCUT2D eigenvalue weighted by molar-refractivity contribution is -0.136. The summed E-state index contributed by atoms with van der Waals surface area (Å²) >= 11 is 1.90. The number of anilines is 2.